The van der Waals surface area contributed by atoms with Gasteiger partial charge in [0.05, 0.1) is 0 Å². The van der Waals surface area contributed by atoms with E-state index in [1.165, 1.54) is 6.08 Å². The van der Waals surface area contributed by atoms with Gasteiger partial charge in [0.2, 0.25) is 0 Å². The molecule has 0 atom stereocenters. The molecule has 1 radical (unpaired) electrons. The van der Waals surface area contributed by atoms with Crippen molar-refractivity contribution in [1.82, 2.24) is 0 Å². The maximum atomic E-state index is 5.00. The predicted octanol–water partition coefficient (Wildman–Crippen LogP) is 1.94. The molecule has 0 rings (SSSR count). The summed E-state index contributed by atoms with van der Waals surface area (Å²) in [6.07, 6.45) is 6.43. The Hall–Kier alpha value is -0.520. The van der Waals surface area contributed by atoms with Gasteiger partial charge in [0.1, 0.15) is 0 Å². The van der Waals surface area contributed by atoms with Crippen LogP contribution in [0.3, 0.4) is 0 Å². The van der Waals surface area contributed by atoms with Crippen LogP contribution in [0.5, 0.6) is 0 Å². The normalized spacial score (nSPS) is 9.50. The summed E-state index contributed by atoms with van der Waals surface area (Å²) in [5.74, 6) is 0. The molecule has 33 valence electrons. The highest BCUT2D eigenvalue weighted by Crippen LogP contribution is 1.76. The molecule has 0 nitrogen and oxygen atoms in total. The van der Waals surface area contributed by atoms with Crippen molar-refractivity contribution in [1.29, 1.82) is 0 Å². The van der Waals surface area contributed by atoms with Gasteiger partial charge in [0, 0.05) is 0 Å². The van der Waals surface area contributed by atoms with E-state index in [-0.39, 0.29) is 0 Å². The minimum Gasteiger partial charge on any atom is -0.0848 e. The van der Waals surface area contributed by atoms with E-state index in [4.69, 9.17) is 6.58 Å². The predicted molar refractivity (Wildman–Crippen MR) is 28.3 cm³/mol. The first-order valence-electron chi connectivity index (χ1n) is 2.12. The molecule has 0 heteroatoms. The van der Waals surface area contributed by atoms with Gasteiger partial charge in [-0.2, -0.15) is 0 Å². The maximum absolute atomic E-state index is 5.00. The van der Waals surface area contributed by atoms with Crippen molar-refractivity contribution in [2.45, 2.75) is 13.3 Å². The first-order chi connectivity index (χ1) is 2.91. The highest BCUT2D eigenvalue weighted by molar-refractivity contribution is 4.94. The summed E-state index contributed by atoms with van der Waals surface area (Å²) in [5.41, 5.74) is 0. The van der Waals surface area contributed by atoms with Crippen LogP contribution in [0.25, 0.3) is 0 Å². The van der Waals surface area contributed by atoms with Crippen LogP contribution in [0.1, 0.15) is 13.3 Å². The molecule has 0 bridgehead atoms. The summed E-state index contributed by atoms with van der Waals surface area (Å²) in [6.45, 7) is 7.07. The molecule has 0 aromatic heterocycles. The van der Waals surface area contributed by atoms with Gasteiger partial charge < -0.3 is 0 Å². The van der Waals surface area contributed by atoms with Crippen molar-refractivity contribution in [2.24, 2.45) is 0 Å². The molecule has 0 unspecified atom stereocenters. The van der Waals surface area contributed by atoms with Crippen LogP contribution in [0.4, 0.5) is 0 Å². The van der Waals surface area contributed by atoms with Gasteiger partial charge in [-0.1, -0.05) is 31.7 Å². The first kappa shape index (κ1) is 5.48. The van der Waals surface area contributed by atoms with Crippen molar-refractivity contribution in [3.05, 3.63) is 24.8 Å². The van der Waals surface area contributed by atoms with Gasteiger partial charge in [0.25, 0.3) is 0 Å². The molecule has 0 N–H and O–H groups in total. The van der Waals surface area contributed by atoms with Gasteiger partial charge in [-0.3, -0.25) is 0 Å². The Morgan fingerprint density at radius 3 is 2.50 bits per heavy atom. The number of hydrogen-bond donors (Lipinski definition) is 0. The highest BCUT2D eigenvalue weighted by Gasteiger charge is 1.55. The van der Waals surface area contributed by atoms with E-state index < -0.39 is 0 Å². The third-order valence-electron chi connectivity index (χ3n) is 0.483. The summed E-state index contributed by atoms with van der Waals surface area (Å²) in [4.78, 5) is 0. The van der Waals surface area contributed by atoms with Gasteiger partial charge >= 0.3 is 0 Å². The quantitative estimate of drug-likeness (QED) is 0.445. The zero-order valence-electron chi connectivity index (χ0n) is 4.02. The molecule has 0 fully saturated rings. The minimum absolute atomic E-state index is 1.06. The van der Waals surface area contributed by atoms with Gasteiger partial charge in [-0.25, -0.2) is 0 Å². The van der Waals surface area contributed by atoms with E-state index in [2.05, 4.69) is 6.92 Å². The van der Waals surface area contributed by atoms with Crippen molar-refractivity contribution in [2.75, 3.05) is 0 Å². The van der Waals surface area contributed by atoms with Crippen LogP contribution in [0.15, 0.2) is 18.2 Å². The molecule has 0 aliphatic carbocycles. The third-order valence-corrected chi connectivity index (χ3v) is 0.483. The number of hydrogen-bond acceptors (Lipinski definition) is 0. The lowest BCUT2D eigenvalue weighted by Gasteiger charge is -1.67. The standard InChI is InChI=1S/C6H9/c1-3-5-6-4-2/h1,3,5-6H,4H2,2H3/b3-1?,6-5-. The lowest BCUT2D eigenvalue weighted by Crippen LogP contribution is -1.46. The topological polar surface area (TPSA) is 0 Å². The molecule has 0 aromatic carbocycles. The van der Waals surface area contributed by atoms with E-state index in [1.807, 2.05) is 12.2 Å². The van der Waals surface area contributed by atoms with Crippen molar-refractivity contribution >= 4 is 0 Å². The summed E-state index contributed by atoms with van der Waals surface area (Å²) >= 11 is 0. The smallest absolute Gasteiger partial charge is 0.0376 e. The molecule has 0 amide bonds. The second-order valence-electron chi connectivity index (χ2n) is 1.03. The Bertz CT molecular complexity index is 51.1. The second-order valence-corrected chi connectivity index (χ2v) is 1.03. The summed E-state index contributed by atoms with van der Waals surface area (Å²) in [6, 6.07) is 0. The molecule has 0 aliphatic heterocycles. The van der Waals surface area contributed by atoms with Crippen LogP contribution in [-0.2, 0) is 0 Å². The molecular weight excluding hydrogens is 72.1 g/mol. The fraction of sp³-hybridized carbons (Fsp3) is 0.333. The summed E-state index contributed by atoms with van der Waals surface area (Å²) < 4.78 is 0. The zero-order chi connectivity index (χ0) is 4.83. The fourth-order valence-electron chi connectivity index (χ4n) is 0.215. The van der Waals surface area contributed by atoms with Crippen LogP contribution in [0.2, 0.25) is 0 Å². The lowest BCUT2D eigenvalue weighted by molar-refractivity contribution is 1.22. The average molecular weight is 81.1 g/mol. The SMILES string of the molecule is [CH]=C/C=C\CC. The monoisotopic (exact) mass is 81.1 g/mol. The van der Waals surface area contributed by atoms with Gasteiger partial charge in [0.15, 0.2) is 0 Å². The summed E-state index contributed by atoms with van der Waals surface area (Å²) in [5, 5.41) is 0. The molecule has 0 aromatic rings. The lowest BCUT2D eigenvalue weighted by atomic mass is 10.4. The van der Waals surface area contributed by atoms with E-state index in [9.17, 15) is 0 Å². The summed E-state index contributed by atoms with van der Waals surface area (Å²) in [7, 11) is 0. The van der Waals surface area contributed by atoms with Gasteiger partial charge in [-0.15, -0.1) is 0 Å². The van der Waals surface area contributed by atoms with E-state index in [1.54, 1.807) is 0 Å². The van der Waals surface area contributed by atoms with E-state index in [0.717, 1.165) is 6.42 Å². The highest BCUT2D eigenvalue weighted by atomic mass is 13.6. The molecule has 0 spiro atoms. The Morgan fingerprint density at radius 2 is 2.33 bits per heavy atom. The molecule has 0 heterocycles. The largest absolute Gasteiger partial charge is 0.0848 e. The van der Waals surface area contributed by atoms with E-state index in [0.29, 0.717) is 0 Å². The Labute approximate surface area is 39.2 Å². The van der Waals surface area contributed by atoms with Crippen molar-refractivity contribution < 1.29 is 0 Å². The third kappa shape index (κ3) is 3.48. The van der Waals surface area contributed by atoms with Crippen molar-refractivity contribution in [3.63, 3.8) is 0 Å². The van der Waals surface area contributed by atoms with Crippen molar-refractivity contribution in [3.8, 4) is 0 Å². The molecule has 6 heavy (non-hydrogen) atoms. The van der Waals surface area contributed by atoms with Crippen LogP contribution >= 0.6 is 0 Å². The Morgan fingerprint density at radius 1 is 1.67 bits per heavy atom. The van der Waals surface area contributed by atoms with Crippen LogP contribution in [0, 0.1) is 6.58 Å². The molecule has 0 aliphatic rings. The minimum atomic E-state index is 1.06. The van der Waals surface area contributed by atoms with Crippen LogP contribution < -0.4 is 0 Å². The Balaban J connectivity index is 2.94. The van der Waals surface area contributed by atoms with E-state index >= 15 is 0 Å². The zero-order valence-corrected chi connectivity index (χ0v) is 4.02. The second kappa shape index (κ2) is 4.48. The average Bonchev–Trinajstić information content (AvgIpc) is 1.61. The Kier molecular flexibility index (Phi) is 4.09. The fourth-order valence-corrected chi connectivity index (χ4v) is 0.215. The van der Waals surface area contributed by atoms with Gasteiger partial charge in [-0.05, 0) is 6.42 Å². The van der Waals surface area contributed by atoms with Crippen LogP contribution in [-0.4, -0.2) is 0 Å². The molecule has 0 saturated carbocycles. The molecular formula is C6H9. The maximum Gasteiger partial charge on any atom is -0.0376 e. The number of rotatable bonds is 2. The first-order valence-corrected chi connectivity index (χ1v) is 2.12. The molecule has 0 saturated heterocycles. The number of allylic oxidation sites excluding steroid dienone is 3.